The molecule has 0 amide bonds. The van der Waals surface area contributed by atoms with Crippen molar-refractivity contribution in [3.05, 3.63) is 29.3 Å². The van der Waals surface area contributed by atoms with Gasteiger partial charge in [-0.3, -0.25) is 4.90 Å². The van der Waals surface area contributed by atoms with Crippen LogP contribution in [0, 0.1) is 11.3 Å². The van der Waals surface area contributed by atoms with Gasteiger partial charge in [-0.15, -0.1) is 0 Å². The second-order valence-electron chi connectivity index (χ2n) is 5.11. The highest BCUT2D eigenvalue weighted by atomic mass is 16.5. The molecule has 2 rings (SSSR count). The number of nitrogens with zero attached hydrogens (tertiary/aromatic N) is 2. The monoisotopic (exact) mass is 289 g/mol. The minimum atomic E-state index is 0.0867. The molecule has 1 saturated heterocycles. The van der Waals surface area contributed by atoms with Gasteiger partial charge in [0.2, 0.25) is 0 Å². The molecule has 1 N–H and O–H groups in total. The van der Waals surface area contributed by atoms with Crippen LogP contribution >= 0.6 is 0 Å². The summed E-state index contributed by atoms with van der Waals surface area (Å²) in [6, 6.07) is 8.19. The number of methoxy groups -OCH3 is 1. The molecule has 1 fully saturated rings. The summed E-state index contributed by atoms with van der Waals surface area (Å²) in [4.78, 5) is 2.40. The topological polar surface area (TPSA) is 57.5 Å². The highest BCUT2D eigenvalue weighted by Crippen LogP contribution is 2.31. The van der Waals surface area contributed by atoms with Crippen LogP contribution in [0.5, 0.6) is 5.75 Å². The third kappa shape index (κ3) is 3.35. The lowest BCUT2D eigenvalue weighted by Crippen LogP contribution is -2.48. The van der Waals surface area contributed by atoms with Gasteiger partial charge in [-0.25, -0.2) is 0 Å². The number of ether oxygens (including phenoxy) is 2. The van der Waals surface area contributed by atoms with Crippen LogP contribution in [-0.2, 0) is 4.74 Å². The lowest BCUT2D eigenvalue weighted by atomic mass is 9.96. The van der Waals surface area contributed by atoms with Crippen molar-refractivity contribution in [3.63, 3.8) is 0 Å². The Morgan fingerprint density at radius 1 is 1.52 bits per heavy atom. The Morgan fingerprint density at radius 2 is 2.33 bits per heavy atom. The maximum Gasteiger partial charge on any atom is 0.136 e. The van der Waals surface area contributed by atoms with E-state index in [-0.39, 0.29) is 12.1 Å². The van der Waals surface area contributed by atoms with Crippen LogP contribution in [0.1, 0.15) is 24.1 Å². The number of hydrogen-bond acceptors (Lipinski definition) is 5. The number of nitriles is 1. The Balaban J connectivity index is 2.36. The van der Waals surface area contributed by atoms with Crippen LogP contribution < -0.4 is 10.1 Å². The van der Waals surface area contributed by atoms with Gasteiger partial charge in [-0.2, -0.15) is 5.26 Å². The number of hydrogen-bond donors (Lipinski definition) is 1. The summed E-state index contributed by atoms with van der Waals surface area (Å²) in [5.74, 6) is 0.617. The van der Waals surface area contributed by atoms with Crippen LogP contribution in [0.25, 0.3) is 0 Å². The van der Waals surface area contributed by atoms with Crippen molar-refractivity contribution in [1.82, 2.24) is 10.2 Å². The van der Waals surface area contributed by atoms with E-state index in [1.54, 1.807) is 7.11 Å². The van der Waals surface area contributed by atoms with Gasteiger partial charge in [0.05, 0.1) is 31.4 Å². The van der Waals surface area contributed by atoms with E-state index in [0.29, 0.717) is 11.3 Å². The standard InChI is InChI=1S/C16H23N3O2/c1-4-19-7-8-21-15(11-18-2)16(19)12-5-6-14(20-3)13(9-12)10-17/h5-6,9,15-16,18H,4,7-8,11H2,1-3H3. The second kappa shape index (κ2) is 7.41. The van der Waals surface area contributed by atoms with Crippen LogP contribution in [0.3, 0.4) is 0 Å². The zero-order valence-electron chi connectivity index (χ0n) is 12.9. The third-order valence-corrected chi connectivity index (χ3v) is 3.95. The van der Waals surface area contributed by atoms with E-state index < -0.39 is 0 Å². The predicted molar refractivity (Wildman–Crippen MR) is 81.4 cm³/mol. The summed E-state index contributed by atoms with van der Waals surface area (Å²) >= 11 is 0. The summed E-state index contributed by atoms with van der Waals surface area (Å²) < 4.78 is 11.2. The van der Waals surface area contributed by atoms with E-state index in [2.05, 4.69) is 23.2 Å². The first-order valence-electron chi connectivity index (χ1n) is 7.33. The molecule has 1 heterocycles. The van der Waals surface area contributed by atoms with Crippen LogP contribution in [0.4, 0.5) is 0 Å². The summed E-state index contributed by atoms with van der Waals surface area (Å²) in [5, 5.41) is 12.5. The predicted octanol–water partition coefficient (Wildman–Crippen LogP) is 1.55. The third-order valence-electron chi connectivity index (χ3n) is 3.95. The summed E-state index contributed by atoms with van der Waals surface area (Å²) in [6.45, 7) is 5.56. The number of rotatable bonds is 5. The van der Waals surface area contributed by atoms with Gasteiger partial charge in [0, 0.05) is 13.1 Å². The number of morpholine rings is 1. The molecule has 5 heteroatoms. The highest BCUT2D eigenvalue weighted by Gasteiger charge is 2.32. The first kappa shape index (κ1) is 15.8. The normalized spacial score (nSPS) is 22.8. The van der Waals surface area contributed by atoms with Crippen molar-refractivity contribution >= 4 is 0 Å². The van der Waals surface area contributed by atoms with Gasteiger partial charge >= 0.3 is 0 Å². The Bertz CT molecular complexity index is 511. The average Bonchev–Trinajstić information content (AvgIpc) is 2.54. The van der Waals surface area contributed by atoms with Crippen molar-refractivity contribution in [2.45, 2.75) is 19.1 Å². The fourth-order valence-corrected chi connectivity index (χ4v) is 2.94. The number of likely N-dealkylation sites (N-methyl/N-ethyl adjacent to an activating group) is 2. The summed E-state index contributed by atoms with van der Waals surface area (Å²) in [6.07, 6.45) is 0.0867. The molecule has 0 bridgehead atoms. The molecule has 5 nitrogen and oxygen atoms in total. The van der Waals surface area contributed by atoms with E-state index >= 15 is 0 Å². The molecular weight excluding hydrogens is 266 g/mol. The van der Waals surface area contributed by atoms with Crippen molar-refractivity contribution in [2.24, 2.45) is 0 Å². The zero-order chi connectivity index (χ0) is 15.2. The van der Waals surface area contributed by atoms with Crippen LogP contribution in [0.2, 0.25) is 0 Å². The Hall–Kier alpha value is -1.61. The first-order chi connectivity index (χ1) is 10.2. The summed E-state index contributed by atoms with van der Waals surface area (Å²) in [5.41, 5.74) is 1.67. The fraction of sp³-hybridized carbons (Fsp3) is 0.562. The Morgan fingerprint density at radius 3 is 2.95 bits per heavy atom. The summed E-state index contributed by atoms with van der Waals surface area (Å²) in [7, 11) is 3.52. The van der Waals surface area contributed by atoms with Crippen LogP contribution in [0.15, 0.2) is 18.2 Å². The molecule has 0 aromatic heterocycles. The van der Waals surface area contributed by atoms with E-state index in [0.717, 1.165) is 31.8 Å². The van der Waals surface area contributed by atoms with E-state index in [9.17, 15) is 5.26 Å². The zero-order valence-corrected chi connectivity index (χ0v) is 12.9. The number of nitrogens with one attached hydrogen (secondary N) is 1. The maximum absolute atomic E-state index is 9.28. The van der Waals surface area contributed by atoms with Crippen LogP contribution in [-0.4, -0.2) is 51.4 Å². The molecule has 0 aliphatic carbocycles. The molecule has 1 aromatic carbocycles. The van der Waals surface area contributed by atoms with Gasteiger partial charge in [-0.05, 0) is 31.3 Å². The molecule has 2 atom stereocenters. The SMILES string of the molecule is CCN1CCOC(CNC)C1c1ccc(OC)c(C#N)c1. The minimum absolute atomic E-state index is 0.0867. The van der Waals surface area contributed by atoms with Crippen molar-refractivity contribution in [3.8, 4) is 11.8 Å². The molecule has 2 unspecified atom stereocenters. The molecule has 21 heavy (non-hydrogen) atoms. The highest BCUT2D eigenvalue weighted by molar-refractivity contribution is 5.46. The Kier molecular flexibility index (Phi) is 5.57. The molecular formula is C16H23N3O2. The molecule has 1 aromatic rings. The van der Waals surface area contributed by atoms with Crippen molar-refractivity contribution in [1.29, 1.82) is 5.26 Å². The smallest absolute Gasteiger partial charge is 0.136 e. The molecule has 0 spiro atoms. The van der Waals surface area contributed by atoms with E-state index in [1.165, 1.54) is 0 Å². The van der Waals surface area contributed by atoms with E-state index in [4.69, 9.17) is 9.47 Å². The average molecular weight is 289 g/mol. The minimum Gasteiger partial charge on any atom is -0.495 e. The molecule has 1 aliphatic heterocycles. The maximum atomic E-state index is 9.28. The van der Waals surface area contributed by atoms with Gasteiger partial charge < -0.3 is 14.8 Å². The molecule has 114 valence electrons. The quantitative estimate of drug-likeness (QED) is 0.891. The van der Waals surface area contributed by atoms with Gasteiger partial charge in [0.15, 0.2) is 0 Å². The lowest BCUT2D eigenvalue weighted by Gasteiger charge is -2.41. The molecule has 0 radical (unpaired) electrons. The fourth-order valence-electron chi connectivity index (χ4n) is 2.94. The van der Waals surface area contributed by atoms with E-state index in [1.807, 2.05) is 25.2 Å². The van der Waals surface area contributed by atoms with Crippen molar-refractivity contribution < 1.29 is 9.47 Å². The lowest BCUT2D eigenvalue weighted by molar-refractivity contribution is -0.0686. The van der Waals surface area contributed by atoms with Gasteiger partial charge in [0.25, 0.3) is 0 Å². The molecule has 1 aliphatic rings. The Labute approximate surface area is 126 Å². The van der Waals surface area contributed by atoms with Gasteiger partial charge in [0.1, 0.15) is 11.8 Å². The second-order valence-corrected chi connectivity index (χ2v) is 5.11. The largest absolute Gasteiger partial charge is 0.495 e. The van der Waals surface area contributed by atoms with Gasteiger partial charge in [-0.1, -0.05) is 13.0 Å². The first-order valence-corrected chi connectivity index (χ1v) is 7.33. The van der Waals surface area contributed by atoms with Crippen molar-refractivity contribution in [2.75, 3.05) is 40.4 Å². The molecule has 0 saturated carbocycles. The number of benzene rings is 1.